The Kier molecular flexibility index (Phi) is 8.70. The van der Waals surface area contributed by atoms with Crippen LogP contribution in [0, 0.1) is 35.5 Å². The molecule has 3 fully saturated rings. The number of carboxylic acid groups (broad SMARTS) is 1. The van der Waals surface area contributed by atoms with Crippen LogP contribution in [-0.4, -0.2) is 11.1 Å². The Labute approximate surface area is 219 Å². The van der Waals surface area contributed by atoms with Crippen molar-refractivity contribution in [1.29, 1.82) is 0 Å². The number of carboxylic acids is 1. The minimum absolute atomic E-state index is 0.685. The van der Waals surface area contributed by atoms with Gasteiger partial charge in [-0.1, -0.05) is 69.0 Å². The summed E-state index contributed by atoms with van der Waals surface area (Å²) in [6.07, 6.45) is 26.3. The van der Waals surface area contributed by atoms with E-state index in [1.165, 1.54) is 95.1 Å². The fourth-order valence-electron chi connectivity index (χ4n) is 8.48. The summed E-state index contributed by atoms with van der Waals surface area (Å²) in [5.74, 6) is 5.23. The van der Waals surface area contributed by atoms with Gasteiger partial charge in [0.1, 0.15) is 0 Å². The maximum absolute atomic E-state index is 11.5. The van der Waals surface area contributed by atoms with E-state index in [1.807, 2.05) is 0 Å². The molecule has 3 unspecified atom stereocenters. The SMILES string of the molecule is CCCC1CCC(C2CCC(c3ccc(/C(=C/C(=O)O)CCCC4CC5C=CC4C5)cc3)CC2)CC1. The summed E-state index contributed by atoms with van der Waals surface area (Å²) in [6, 6.07) is 9.00. The summed E-state index contributed by atoms with van der Waals surface area (Å²) in [6.45, 7) is 2.33. The van der Waals surface area contributed by atoms with Gasteiger partial charge in [-0.2, -0.15) is 0 Å². The maximum Gasteiger partial charge on any atom is 0.328 e. The Bertz CT molecular complexity index is 909. The molecule has 3 saturated carbocycles. The number of rotatable bonds is 10. The van der Waals surface area contributed by atoms with Gasteiger partial charge < -0.3 is 5.11 Å². The third-order valence-corrected chi connectivity index (χ3v) is 10.5. The largest absolute Gasteiger partial charge is 0.478 e. The lowest BCUT2D eigenvalue weighted by atomic mass is 9.68. The zero-order valence-electron chi connectivity index (χ0n) is 22.5. The van der Waals surface area contributed by atoms with Crippen molar-refractivity contribution in [2.24, 2.45) is 35.5 Å². The second-order valence-electron chi connectivity index (χ2n) is 12.7. The van der Waals surface area contributed by atoms with E-state index in [4.69, 9.17) is 0 Å². The van der Waals surface area contributed by atoms with E-state index in [2.05, 4.69) is 43.3 Å². The normalized spacial score (nSPS) is 34.2. The average Bonchev–Trinajstić information content (AvgIpc) is 3.53. The highest BCUT2D eigenvalue weighted by molar-refractivity contribution is 5.90. The van der Waals surface area contributed by atoms with Crippen molar-refractivity contribution in [2.45, 2.75) is 109 Å². The molecule has 2 nitrogen and oxygen atoms in total. The van der Waals surface area contributed by atoms with Gasteiger partial charge in [-0.15, -0.1) is 0 Å². The second kappa shape index (κ2) is 12.1. The molecule has 5 rings (SSSR count). The Hall–Kier alpha value is -1.83. The van der Waals surface area contributed by atoms with E-state index in [1.54, 1.807) is 0 Å². The molecular weight excluding hydrogens is 440 g/mol. The van der Waals surface area contributed by atoms with Crippen LogP contribution < -0.4 is 0 Å². The van der Waals surface area contributed by atoms with Crippen LogP contribution in [0.2, 0.25) is 0 Å². The van der Waals surface area contributed by atoms with Gasteiger partial charge in [0.2, 0.25) is 0 Å². The number of carbonyl (C=O) groups is 1. The highest BCUT2D eigenvalue weighted by Gasteiger charge is 2.35. The average molecular weight is 489 g/mol. The minimum Gasteiger partial charge on any atom is -0.478 e. The highest BCUT2D eigenvalue weighted by atomic mass is 16.4. The first kappa shape index (κ1) is 25.8. The molecule has 2 heteroatoms. The second-order valence-corrected chi connectivity index (χ2v) is 12.7. The lowest BCUT2D eigenvalue weighted by molar-refractivity contribution is -0.131. The minimum atomic E-state index is -0.820. The van der Waals surface area contributed by atoms with Crippen molar-refractivity contribution in [2.75, 3.05) is 0 Å². The molecule has 0 aromatic heterocycles. The number of benzene rings is 1. The van der Waals surface area contributed by atoms with Crippen LogP contribution >= 0.6 is 0 Å². The fraction of sp³-hybridized carbons (Fsp3) is 0.676. The summed E-state index contributed by atoms with van der Waals surface area (Å²) < 4.78 is 0. The number of hydrogen-bond donors (Lipinski definition) is 1. The molecule has 0 aliphatic heterocycles. The van der Waals surface area contributed by atoms with Gasteiger partial charge in [0, 0.05) is 6.08 Å². The topological polar surface area (TPSA) is 37.3 Å². The van der Waals surface area contributed by atoms with Gasteiger partial charge >= 0.3 is 5.97 Å². The number of allylic oxidation sites excluding steroid dienone is 3. The Balaban J connectivity index is 1.11. The first-order valence-corrected chi connectivity index (χ1v) is 15.3. The van der Waals surface area contributed by atoms with Crippen LogP contribution in [0.25, 0.3) is 5.57 Å². The summed E-state index contributed by atoms with van der Waals surface area (Å²) >= 11 is 0. The summed E-state index contributed by atoms with van der Waals surface area (Å²) in [5, 5.41) is 9.49. The molecule has 1 aromatic rings. The van der Waals surface area contributed by atoms with E-state index in [-0.39, 0.29) is 0 Å². The molecule has 0 heterocycles. The van der Waals surface area contributed by atoms with E-state index >= 15 is 0 Å². The van der Waals surface area contributed by atoms with Crippen molar-refractivity contribution >= 4 is 11.5 Å². The summed E-state index contributed by atoms with van der Waals surface area (Å²) in [7, 11) is 0. The van der Waals surface area contributed by atoms with Crippen LogP contribution in [0.1, 0.15) is 120 Å². The quantitative estimate of drug-likeness (QED) is 0.263. The fourth-order valence-corrected chi connectivity index (χ4v) is 8.48. The van der Waals surface area contributed by atoms with Gasteiger partial charge in [0.25, 0.3) is 0 Å². The lowest BCUT2D eigenvalue weighted by Gasteiger charge is -2.38. The molecule has 2 bridgehead atoms. The van der Waals surface area contributed by atoms with Crippen molar-refractivity contribution in [3.63, 3.8) is 0 Å². The van der Waals surface area contributed by atoms with Gasteiger partial charge in [-0.25, -0.2) is 4.79 Å². The number of aliphatic carboxylic acids is 1. The Morgan fingerprint density at radius 2 is 1.58 bits per heavy atom. The monoisotopic (exact) mass is 488 g/mol. The number of hydrogen-bond acceptors (Lipinski definition) is 1. The molecule has 1 aromatic carbocycles. The first-order valence-electron chi connectivity index (χ1n) is 15.3. The molecule has 196 valence electrons. The molecule has 0 radical (unpaired) electrons. The number of fused-ring (bicyclic) bond motifs is 2. The van der Waals surface area contributed by atoms with Gasteiger partial charge in [-0.3, -0.25) is 0 Å². The van der Waals surface area contributed by atoms with Gasteiger partial charge in [0.15, 0.2) is 0 Å². The molecule has 0 spiro atoms. The third kappa shape index (κ3) is 6.35. The molecule has 0 amide bonds. The molecule has 3 atom stereocenters. The molecular formula is C34H48O2. The van der Waals surface area contributed by atoms with Gasteiger partial charge in [-0.05, 0) is 129 Å². The van der Waals surface area contributed by atoms with Gasteiger partial charge in [0.05, 0.1) is 0 Å². The third-order valence-electron chi connectivity index (χ3n) is 10.5. The standard InChI is InChI=1S/C34H48O2/c1-2-4-24-7-10-26(11-8-24)27-13-15-28(16-14-27)29-17-19-30(20-18-29)32(23-34(35)36)6-3-5-31-21-25-9-12-33(31)22-25/h9,12,17-20,23-28,31,33H,2-8,10-11,13-16,21-22H2,1H3,(H,35,36)/b32-23+. The van der Waals surface area contributed by atoms with Crippen molar-refractivity contribution in [1.82, 2.24) is 0 Å². The predicted molar refractivity (Wildman–Crippen MR) is 150 cm³/mol. The summed E-state index contributed by atoms with van der Waals surface area (Å²) in [4.78, 5) is 11.5. The molecule has 1 N–H and O–H groups in total. The predicted octanol–water partition coefficient (Wildman–Crippen LogP) is 9.42. The molecule has 0 saturated heterocycles. The Morgan fingerprint density at radius 1 is 0.889 bits per heavy atom. The van der Waals surface area contributed by atoms with Crippen LogP contribution in [0.3, 0.4) is 0 Å². The van der Waals surface area contributed by atoms with Crippen molar-refractivity contribution in [3.8, 4) is 0 Å². The van der Waals surface area contributed by atoms with E-state index in [0.717, 1.165) is 59.5 Å². The first-order chi connectivity index (χ1) is 17.6. The lowest BCUT2D eigenvalue weighted by Crippen LogP contribution is -2.25. The van der Waals surface area contributed by atoms with Crippen molar-refractivity contribution < 1.29 is 9.90 Å². The highest BCUT2D eigenvalue weighted by Crippen LogP contribution is 2.46. The molecule has 4 aliphatic carbocycles. The van der Waals surface area contributed by atoms with Crippen molar-refractivity contribution in [3.05, 3.63) is 53.6 Å². The van der Waals surface area contributed by atoms with Crippen LogP contribution in [0.15, 0.2) is 42.5 Å². The molecule has 36 heavy (non-hydrogen) atoms. The summed E-state index contributed by atoms with van der Waals surface area (Å²) in [5.41, 5.74) is 3.56. The maximum atomic E-state index is 11.5. The van der Waals surface area contributed by atoms with Crippen LogP contribution in [0.4, 0.5) is 0 Å². The van der Waals surface area contributed by atoms with E-state index in [9.17, 15) is 9.90 Å². The zero-order valence-corrected chi connectivity index (χ0v) is 22.5. The van der Waals surface area contributed by atoms with Crippen LogP contribution in [-0.2, 0) is 4.79 Å². The zero-order chi connectivity index (χ0) is 24.9. The smallest absolute Gasteiger partial charge is 0.328 e. The molecule has 4 aliphatic rings. The van der Waals surface area contributed by atoms with E-state index in [0.29, 0.717) is 5.92 Å². The van der Waals surface area contributed by atoms with E-state index < -0.39 is 5.97 Å². The van der Waals surface area contributed by atoms with Crippen LogP contribution in [0.5, 0.6) is 0 Å². The Morgan fingerprint density at radius 3 is 2.17 bits per heavy atom.